The quantitative estimate of drug-likeness (QED) is 0.145. The maximum atomic E-state index is 10.5. The van der Waals surface area contributed by atoms with Gasteiger partial charge in [-0.15, -0.1) is 0 Å². The molecule has 1 N–H and O–H groups in total. The van der Waals surface area contributed by atoms with E-state index in [9.17, 15) is 5.11 Å². The van der Waals surface area contributed by atoms with Gasteiger partial charge in [0.15, 0.2) is 12.6 Å². The van der Waals surface area contributed by atoms with Crippen molar-refractivity contribution in [3.8, 4) is 0 Å². The molecule has 0 bridgehead atoms. The lowest BCUT2D eigenvalue weighted by Gasteiger charge is -2.33. The molecule has 3 aliphatic carbocycles. The topological polar surface area (TPSA) is 66.4 Å². The third kappa shape index (κ3) is 9.76. The minimum atomic E-state index is -0.0766. The zero-order valence-electron chi connectivity index (χ0n) is 28.2. The van der Waals surface area contributed by atoms with E-state index >= 15 is 0 Å². The summed E-state index contributed by atoms with van der Waals surface area (Å²) in [6.07, 6.45) is 25.9. The second-order valence-electron chi connectivity index (χ2n) is 14.7. The lowest BCUT2D eigenvalue weighted by atomic mass is 9.83. The Morgan fingerprint density at radius 1 is 0.870 bits per heavy atom. The molecule has 0 aromatic heterocycles. The van der Waals surface area contributed by atoms with Gasteiger partial charge in [0.25, 0.3) is 0 Å². The van der Waals surface area contributed by atoms with E-state index in [-0.39, 0.29) is 37.3 Å². The molecule has 6 nitrogen and oxygen atoms in total. The minimum absolute atomic E-state index is 0.0712. The Morgan fingerprint density at radius 2 is 1.63 bits per heavy atom. The predicted molar refractivity (Wildman–Crippen MR) is 181 cm³/mol. The summed E-state index contributed by atoms with van der Waals surface area (Å²) < 4.78 is 31.5. The number of benzene rings is 1. The van der Waals surface area contributed by atoms with E-state index in [0.29, 0.717) is 30.3 Å². The molecular weight excluding hydrogens is 576 g/mol. The lowest BCUT2D eigenvalue weighted by molar-refractivity contribution is -0.193. The Bertz CT molecular complexity index is 1050. The van der Waals surface area contributed by atoms with E-state index in [2.05, 4.69) is 42.5 Å². The summed E-state index contributed by atoms with van der Waals surface area (Å²) in [5.41, 5.74) is 2.68. The Hall–Kier alpha value is -1.54. The van der Waals surface area contributed by atoms with Gasteiger partial charge in [-0.05, 0) is 100 Å². The monoisotopic (exact) mass is 636 g/mol. The normalized spacial score (nSPS) is 32.0. The average molecular weight is 637 g/mol. The van der Waals surface area contributed by atoms with Crippen LogP contribution >= 0.6 is 0 Å². The number of fused-ring (bicyclic) bond motifs is 1. The molecule has 46 heavy (non-hydrogen) atoms. The highest BCUT2D eigenvalue weighted by atomic mass is 16.7. The first kappa shape index (κ1) is 34.3. The standard InChI is InChI=1S/C40H60O6/c41-28-32(17-7-10-22-42-29-30-13-3-1-4-14-30)33-25-34-27-38(46-40-19-9-12-24-44-40)35(36(34)26-33)20-21-37(31-15-5-2-6-16-31)45-39-18-8-11-23-43-39/h1,3-4,13-14,20-21,25,31-32,34-41H,2,5-12,15-19,22-24,26-29H2. The van der Waals surface area contributed by atoms with Crippen LogP contribution in [-0.4, -0.2) is 56.3 Å². The van der Waals surface area contributed by atoms with Gasteiger partial charge in [0, 0.05) is 38.3 Å². The number of ether oxygens (including phenoxy) is 5. The Balaban J connectivity index is 1.08. The molecule has 2 saturated heterocycles. The molecule has 0 radical (unpaired) electrons. The smallest absolute Gasteiger partial charge is 0.158 e. The fraction of sp³-hybridized carbons (Fsp3) is 0.750. The van der Waals surface area contributed by atoms with Crippen LogP contribution in [0.2, 0.25) is 0 Å². The van der Waals surface area contributed by atoms with Crippen molar-refractivity contribution in [3.05, 3.63) is 59.7 Å². The molecule has 4 fully saturated rings. The van der Waals surface area contributed by atoms with E-state index in [1.807, 2.05) is 6.07 Å². The van der Waals surface area contributed by atoms with Crippen molar-refractivity contribution < 1.29 is 28.8 Å². The molecule has 2 heterocycles. The summed E-state index contributed by atoms with van der Waals surface area (Å²) in [7, 11) is 0. The molecule has 2 aliphatic heterocycles. The van der Waals surface area contributed by atoms with Crippen molar-refractivity contribution in [3.63, 3.8) is 0 Å². The molecule has 1 aromatic carbocycles. The van der Waals surface area contributed by atoms with Gasteiger partial charge in [-0.3, -0.25) is 0 Å². The summed E-state index contributed by atoms with van der Waals surface area (Å²) in [5.74, 6) is 2.16. The van der Waals surface area contributed by atoms with Crippen LogP contribution in [0.5, 0.6) is 0 Å². The number of rotatable bonds is 16. The van der Waals surface area contributed by atoms with E-state index < -0.39 is 0 Å². The number of hydrogen-bond acceptors (Lipinski definition) is 6. The van der Waals surface area contributed by atoms with Crippen LogP contribution in [-0.2, 0) is 30.3 Å². The number of aliphatic hydroxyl groups excluding tert-OH is 1. The van der Waals surface area contributed by atoms with Gasteiger partial charge in [-0.25, -0.2) is 0 Å². The first-order valence-corrected chi connectivity index (χ1v) is 18.9. The Labute approximate surface area is 278 Å². The summed E-state index contributed by atoms with van der Waals surface area (Å²) in [5, 5.41) is 10.5. The van der Waals surface area contributed by atoms with Crippen LogP contribution < -0.4 is 0 Å². The van der Waals surface area contributed by atoms with Gasteiger partial charge in [0.05, 0.1) is 18.8 Å². The van der Waals surface area contributed by atoms with Crippen molar-refractivity contribution >= 4 is 0 Å². The number of allylic oxidation sites excluding steroid dienone is 1. The number of unbranched alkanes of at least 4 members (excludes halogenated alkanes) is 1. The third-order valence-electron chi connectivity index (χ3n) is 11.4. The highest BCUT2D eigenvalue weighted by Gasteiger charge is 2.46. The van der Waals surface area contributed by atoms with Crippen LogP contribution in [0.3, 0.4) is 0 Å². The summed E-state index contributed by atoms with van der Waals surface area (Å²) in [6.45, 7) is 3.29. The van der Waals surface area contributed by atoms with Crippen LogP contribution in [0.4, 0.5) is 0 Å². The fourth-order valence-electron chi connectivity index (χ4n) is 8.75. The molecule has 0 amide bonds. The van der Waals surface area contributed by atoms with Crippen molar-refractivity contribution in [1.82, 2.24) is 0 Å². The molecule has 6 heteroatoms. The van der Waals surface area contributed by atoms with Crippen molar-refractivity contribution in [2.75, 3.05) is 26.4 Å². The molecule has 6 rings (SSSR count). The fourth-order valence-corrected chi connectivity index (χ4v) is 8.75. The lowest BCUT2D eigenvalue weighted by Crippen LogP contribution is -2.33. The maximum absolute atomic E-state index is 10.5. The zero-order chi connectivity index (χ0) is 31.4. The van der Waals surface area contributed by atoms with Crippen molar-refractivity contribution in [1.29, 1.82) is 0 Å². The number of hydrogen-bond donors (Lipinski definition) is 1. The summed E-state index contributed by atoms with van der Waals surface area (Å²) in [6, 6.07) is 10.4. The molecule has 8 unspecified atom stereocenters. The third-order valence-corrected chi connectivity index (χ3v) is 11.4. The number of aliphatic hydroxyl groups is 1. The summed E-state index contributed by atoms with van der Waals surface area (Å²) in [4.78, 5) is 0. The largest absolute Gasteiger partial charge is 0.396 e. The van der Waals surface area contributed by atoms with Gasteiger partial charge in [0.2, 0.25) is 0 Å². The van der Waals surface area contributed by atoms with E-state index in [1.54, 1.807) is 0 Å². The average Bonchev–Trinajstić information content (AvgIpc) is 3.66. The molecule has 2 saturated carbocycles. The van der Waals surface area contributed by atoms with Crippen LogP contribution in [0.15, 0.2) is 54.1 Å². The molecule has 256 valence electrons. The van der Waals surface area contributed by atoms with Crippen molar-refractivity contribution in [2.45, 2.75) is 134 Å². The van der Waals surface area contributed by atoms with Crippen LogP contribution in [0.1, 0.15) is 108 Å². The van der Waals surface area contributed by atoms with Crippen LogP contribution in [0, 0.1) is 29.6 Å². The van der Waals surface area contributed by atoms with Gasteiger partial charge >= 0.3 is 0 Å². The molecule has 1 aromatic rings. The molecule has 8 atom stereocenters. The highest BCUT2D eigenvalue weighted by molar-refractivity contribution is 5.23. The molecule has 0 spiro atoms. The first-order valence-electron chi connectivity index (χ1n) is 18.9. The second-order valence-corrected chi connectivity index (χ2v) is 14.7. The molecule has 5 aliphatic rings. The molecular formula is C40H60O6. The van der Waals surface area contributed by atoms with Crippen LogP contribution in [0.25, 0.3) is 0 Å². The van der Waals surface area contributed by atoms with Gasteiger partial charge in [-0.2, -0.15) is 0 Å². The van der Waals surface area contributed by atoms with E-state index in [0.717, 1.165) is 77.6 Å². The SMILES string of the molecule is OCC(CCCCOCc1ccccc1)C1=CC2CC(OC3CCCCO3)C(C=CC(OC3CCCCO3)C3CCCCC3)C2C1. The minimum Gasteiger partial charge on any atom is -0.396 e. The van der Waals surface area contributed by atoms with Gasteiger partial charge in [-0.1, -0.05) is 79.8 Å². The van der Waals surface area contributed by atoms with Crippen molar-refractivity contribution in [2.24, 2.45) is 29.6 Å². The second kappa shape index (κ2) is 18.3. The first-order chi connectivity index (χ1) is 22.8. The highest BCUT2D eigenvalue weighted by Crippen LogP contribution is 2.51. The Morgan fingerprint density at radius 3 is 2.37 bits per heavy atom. The predicted octanol–water partition coefficient (Wildman–Crippen LogP) is 8.52. The van der Waals surface area contributed by atoms with Gasteiger partial charge < -0.3 is 28.8 Å². The summed E-state index contributed by atoms with van der Waals surface area (Å²) >= 11 is 0. The van der Waals surface area contributed by atoms with E-state index in [1.165, 1.54) is 56.1 Å². The maximum Gasteiger partial charge on any atom is 0.158 e. The zero-order valence-corrected chi connectivity index (χ0v) is 28.2. The van der Waals surface area contributed by atoms with Gasteiger partial charge in [0.1, 0.15) is 0 Å². The van der Waals surface area contributed by atoms with E-state index in [4.69, 9.17) is 23.7 Å². The Kier molecular flexibility index (Phi) is 13.6.